The number of ether oxygens (including phenoxy) is 1. The first-order valence-corrected chi connectivity index (χ1v) is 6.00. The lowest BCUT2D eigenvalue weighted by molar-refractivity contribution is -0.124. The van der Waals surface area contributed by atoms with Crippen LogP contribution in [0.1, 0.15) is 12.7 Å². The van der Waals surface area contributed by atoms with Crippen molar-refractivity contribution in [3.05, 3.63) is 53.4 Å². The molecule has 94 valence electrons. The van der Waals surface area contributed by atoms with Crippen LogP contribution in [0.4, 0.5) is 0 Å². The van der Waals surface area contributed by atoms with Gasteiger partial charge in [-0.25, -0.2) is 0 Å². The van der Waals surface area contributed by atoms with E-state index in [9.17, 15) is 4.79 Å². The van der Waals surface area contributed by atoms with Gasteiger partial charge in [-0.15, -0.1) is 0 Å². The Balaban J connectivity index is 1.95. The van der Waals surface area contributed by atoms with Gasteiger partial charge in [0, 0.05) is 5.02 Å². The van der Waals surface area contributed by atoms with Gasteiger partial charge in [-0.1, -0.05) is 17.7 Å². The smallest absolute Gasteiger partial charge is 0.180 e. The molecule has 0 bridgehead atoms. The van der Waals surface area contributed by atoms with E-state index < -0.39 is 6.10 Å². The van der Waals surface area contributed by atoms with Gasteiger partial charge in [0.15, 0.2) is 11.9 Å². The van der Waals surface area contributed by atoms with Crippen molar-refractivity contribution >= 4 is 17.4 Å². The third kappa shape index (κ3) is 3.37. The largest absolute Gasteiger partial charge is 0.483 e. The van der Waals surface area contributed by atoms with E-state index >= 15 is 0 Å². The minimum Gasteiger partial charge on any atom is -0.483 e. The molecule has 0 spiro atoms. The van der Waals surface area contributed by atoms with E-state index in [-0.39, 0.29) is 12.2 Å². The van der Waals surface area contributed by atoms with E-state index in [0.717, 1.165) is 0 Å². The summed E-state index contributed by atoms with van der Waals surface area (Å²) in [5, 5.41) is 0.582. The summed E-state index contributed by atoms with van der Waals surface area (Å²) in [5.41, 5.74) is 0. The van der Waals surface area contributed by atoms with E-state index in [2.05, 4.69) is 0 Å². The van der Waals surface area contributed by atoms with Crippen molar-refractivity contribution in [2.24, 2.45) is 0 Å². The Morgan fingerprint density at radius 2 is 2.22 bits per heavy atom. The van der Waals surface area contributed by atoms with Crippen LogP contribution in [0.5, 0.6) is 5.75 Å². The number of furan rings is 1. The molecule has 0 N–H and O–H groups in total. The highest BCUT2D eigenvalue weighted by molar-refractivity contribution is 6.30. The van der Waals surface area contributed by atoms with Crippen LogP contribution in [0, 0.1) is 0 Å². The lowest BCUT2D eigenvalue weighted by atomic mass is 10.1. The third-order valence-electron chi connectivity index (χ3n) is 2.49. The molecule has 0 aliphatic heterocycles. The minimum absolute atomic E-state index is 0.0371. The van der Waals surface area contributed by atoms with Crippen LogP contribution >= 0.6 is 11.6 Å². The standard InChI is InChI=1S/C14H13ClO3/c1-10(14(16)9-12-6-3-7-17-12)18-13-5-2-4-11(15)8-13/h2-8,10H,9H2,1H3. The number of Topliss-reactive ketones (excluding diaryl/α,β-unsaturated/α-hetero) is 1. The molecule has 1 atom stereocenters. The highest BCUT2D eigenvalue weighted by Gasteiger charge is 2.16. The number of rotatable bonds is 5. The summed E-state index contributed by atoms with van der Waals surface area (Å²) in [6, 6.07) is 10.5. The summed E-state index contributed by atoms with van der Waals surface area (Å²) in [6.07, 6.45) is 1.24. The summed E-state index contributed by atoms with van der Waals surface area (Å²) in [5.74, 6) is 1.19. The van der Waals surface area contributed by atoms with Gasteiger partial charge < -0.3 is 9.15 Å². The molecule has 1 unspecified atom stereocenters. The second kappa shape index (κ2) is 5.74. The number of hydrogen-bond donors (Lipinski definition) is 0. The maximum Gasteiger partial charge on any atom is 0.180 e. The quantitative estimate of drug-likeness (QED) is 0.830. The zero-order chi connectivity index (χ0) is 13.0. The summed E-state index contributed by atoms with van der Waals surface area (Å²) in [6.45, 7) is 1.71. The van der Waals surface area contributed by atoms with Gasteiger partial charge in [0.1, 0.15) is 11.5 Å². The number of hydrogen-bond acceptors (Lipinski definition) is 3. The molecule has 1 aromatic carbocycles. The summed E-state index contributed by atoms with van der Waals surface area (Å²) in [4.78, 5) is 11.9. The first-order valence-electron chi connectivity index (χ1n) is 5.62. The monoisotopic (exact) mass is 264 g/mol. The van der Waals surface area contributed by atoms with Crippen molar-refractivity contribution in [1.82, 2.24) is 0 Å². The van der Waals surface area contributed by atoms with Crippen LogP contribution in [0.3, 0.4) is 0 Å². The van der Waals surface area contributed by atoms with Crippen molar-refractivity contribution in [1.29, 1.82) is 0 Å². The van der Waals surface area contributed by atoms with Gasteiger partial charge in [0.2, 0.25) is 0 Å². The highest BCUT2D eigenvalue weighted by Crippen LogP contribution is 2.18. The molecule has 18 heavy (non-hydrogen) atoms. The zero-order valence-corrected chi connectivity index (χ0v) is 10.7. The van der Waals surface area contributed by atoms with Crippen LogP contribution in [-0.2, 0) is 11.2 Å². The van der Waals surface area contributed by atoms with E-state index in [4.69, 9.17) is 20.8 Å². The Bertz CT molecular complexity index is 520. The number of halogens is 1. The average Bonchev–Trinajstić information content (AvgIpc) is 2.81. The van der Waals surface area contributed by atoms with E-state index in [1.54, 1.807) is 49.6 Å². The lowest BCUT2D eigenvalue weighted by Crippen LogP contribution is -2.25. The lowest BCUT2D eigenvalue weighted by Gasteiger charge is -2.13. The Kier molecular flexibility index (Phi) is 4.05. The molecule has 0 saturated heterocycles. The number of benzene rings is 1. The topological polar surface area (TPSA) is 39.4 Å². The molecular formula is C14H13ClO3. The van der Waals surface area contributed by atoms with E-state index in [0.29, 0.717) is 16.5 Å². The Hall–Kier alpha value is -1.74. The van der Waals surface area contributed by atoms with Gasteiger partial charge in [0.05, 0.1) is 12.7 Å². The number of ketones is 1. The molecule has 0 amide bonds. The molecule has 0 saturated carbocycles. The molecule has 2 aromatic rings. The first kappa shape index (κ1) is 12.7. The highest BCUT2D eigenvalue weighted by atomic mass is 35.5. The Labute approximate surface area is 110 Å². The zero-order valence-electron chi connectivity index (χ0n) is 9.93. The van der Waals surface area contributed by atoms with Crippen LogP contribution in [0.25, 0.3) is 0 Å². The SMILES string of the molecule is CC(Oc1cccc(Cl)c1)C(=O)Cc1ccco1. The normalized spacial score (nSPS) is 12.1. The van der Waals surface area contributed by atoms with Crippen LogP contribution in [0.2, 0.25) is 5.02 Å². The van der Waals surface area contributed by atoms with Crippen LogP contribution < -0.4 is 4.74 Å². The Morgan fingerprint density at radius 3 is 2.89 bits per heavy atom. The van der Waals surface area contributed by atoms with Gasteiger partial charge >= 0.3 is 0 Å². The molecule has 0 aliphatic carbocycles. The van der Waals surface area contributed by atoms with Gasteiger partial charge in [0.25, 0.3) is 0 Å². The van der Waals surface area contributed by atoms with E-state index in [1.807, 2.05) is 0 Å². The van der Waals surface area contributed by atoms with Gasteiger partial charge in [-0.2, -0.15) is 0 Å². The molecule has 0 aliphatic rings. The maximum absolute atomic E-state index is 11.9. The fourth-order valence-corrected chi connectivity index (χ4v) is 1.72. The van der Waals surface area contributed by atoms with Crippen molar-refractivity contribution in [2.75, 3.05) is 0 Å². The van der Waals surface area contributed by atoms with Crippen molar-refractivity contribution < 1.29 is 13.9 Å². The minimum atomic E-state index is -0.534. The van der Waals surface area contributed by atoms with Gasteiger partial charge in [-0.3, -0.25) is 4.79 Å². The van der Waals surface area contributed by atoms with Gasteiger partial charge in [-0.05, 0) is 37.3 Å². The first-order chi connectivity index (χ1) is 8.65. The van der Waals surface area contributed by atoms with E-state index in [1.165, 1.54) is 0 Å². The second-order valence-corrected chi connectivity index (χ2v) is 4.38. The predicted molar refractivity (Wildman–Crippen MR) is 69.0 cm³/mol. The molecule has 0 fully saturated rings. The summed E-state index contributed by atoms with van der Waals surface area (Å²) >= 11 is 5.84. The van der Waals surface area contributed by atoms with Crippen molar-refractivity contribution in [2.45, 2.75) is 19.4 Å². The van der Waals surface area contributed by atoms with Crippen LogP contribution in [-0.4, -0.2) is 11.9 Å². The Morgan fingerprint density at radius 1 is 1.39 bits per heavy atom. The fraction of sp³-hybridized carbons (Fsp3) is 0.214. The molecule has 2 rings (SSSR count). The summed E-state index contributed by atoms with van der Waals surface area (Å²) in [7, 11) is 0. The third-order valence-corrected chi connectivity index (χ3v) is 2.73. The molecular weight excluding hydrogens is 252 g/mol. The fourth-order valence-electron chi connectivity index (χ4n) is 1.54. The van der Waals surface area contributed by atoms with Crippen molar-refractivity contribution in [3.63, 3.8) is 0 Å². The second-order valence-electron chi connectivity index (χ2n) is 3.94. The molecule has 3 nitrogen and oxygen atoms in total. The molecule has 1 heterocycles. The number of carbonyl (C=O) groups excluding carboxylic acids is 1. The van der Waals surface area contributed by atoms with Crippen LogP contribution in [0.15, 0.2) is 47.1 Å². The predicted octanol–water partition coefficient (Wildman–Crippen LogP) is 3.51. The molecule has 4 heteroatoms. The molecule has 1 aromatic heterocycles. The number of carbonyl (C=O) groups is 1. The van der Waals surface area contributed by atoms with Crippen molar-refractivity contribution in [3.8, 4) is 5.75 Å². The maximum atomic E-state index is 11.9. The average molecular weight is 265 g/mol. The molecule has 0 radical (unpaired) electrons. The summed E-state index contributed by atoms with van der Waals surface area (Å²) < 4.78 is 10.7.